The number of halogens is 3. The molecule has 8 heteroatoms. The van der Waals surface area contributed by atoms with E-state index in [-0.39, 0.29) is 6.61 Å². The number of esters is 1. The van der Waals surface area contributed by atoms with Crippen LogP contribution < -0.4 is 5.32 Å². The Labute approximate surface area is 124 Å². The molecule has 2 amide bonds. The Morgan fingerprint density at radius 1 is 1.32 bits per heavy atom. The van der Waals surface area contributed by atoms with E-state index in [9.17, 15) is 22.8 Å². The van der Waals surface area contributed by atoms with E-state index in [1.807, 2.05) is 0 Å². The lowest BCUT2D eigenvalue weighted by Gasteiger charge is -2.31. The van der Waals surface area contributed by atoms with Gasteiger partial charge in [-0.2, -0.15) is 18.2 Å². The van der Waals surface area contributed by atoms with Gasteiger partial charge in [0.15, 0.2) is 0 Å². The molecular weight excluding hydrogens is 301 g/mol. The van der Waals surface area contributed by atoms with Gasteiger partial charge in [0.1, 0.15) is 11.6 Å². The number of carbonyl (C=O) groups is 2. The highest BCUT2D eigenvalue weighted by Crippen LogP contribution is 2.34. The molecule has 1 aromatic carbocycles. The number of nitrogens with zero attached hydrogens (tertiary/aromatic N) is 1. The van der Waals surface area contributed by atoms with E-state index in [1.54, 1.807) is 18.2 Å². The number of hydrogen-bond donors (Lipinski definition) is 1. The maximum atomic E-state index is 13.1. The second-order valence-corrected chi connectivity index (χ2v) is 4.56. The fraction of sp³-hybridized carbons (Fsp3) is 0.357. The molecule has 0 spiro atoms. The van der Waals surface area contributed by atoms with Crippen LogP contribution in [-0.2, 0) is 9.53 Å². The standard InChI is InChI=1S/C14H13F3N2O3/c1-2-22-12(20)9-10(8-6-4-3-5-7-8)18-13(21)19-11(9)14(15,16)17/h3-7,9-10H,2H2,1H3,(H,18,21). The molecule has 118 valence electrons. The first-order valence-corrected chi connectivity index (χ1v) is 6.52. The summed E-state index contributed by atoms with van der Waals surface area (Å²) in [6.07, 6.45) is -4.90. The van der Waals surface area contributed by atoms with Gasteiger partial charge >= 0.3 is 18.2 Å². The predicted molar refractivity (Wildman–Crippen MR) is 71.3 cm³/mol. The van der Waals surface area contributed by atoms with Gasteiger partial charge in [0, 0.05) is 0 Å². The van der Waals surface area contributed by atoms with Crippen LogP contribution in [0.1, 0.15) is 18.5 Å². The van der Waals surface area contributed by atoms with Crippen LogP contribution in [0.2, 0.25) is 0 Å². The Kier molecular flexibility index (Phi) is 4.48. The van der Waals surface area contributed by atoms with Gasteiger partial charge < -0.3 is 10.1 Å². The maximum absolute atomic E-state index is 13.1. The van der Waals surface area contributed by atoms with E-state index < -0.39 is 35.8 Å². The molecular formula is C14H13F3N2O3. The number of urea groups is 1. The fourth-order valence-electron chi connectivity index (χ4n) is 2.24. The van der Waals surface area contributed by atoms with E-state index >= 15 is 0 Å². The quantitative estimate of drug-likeness (QED) is 0.872. The second kappa shape index (κ2) is 6.17. The predicted octanol–water partition coefficient (Wildman–Crippen LogP) is 2.63. The average molecular weight is 314 g/mol. The van der Waals surface area contributed by atoms with Gasteiger partial charge in [0.25, 0.3) is 0 Å². The van der Waals surface area contributed by atoms with E-state index in [2.05, 4.69) is 10.3 Å². The molecule has 5 nitrogen and oxygen atoms in total. The number of amides is 2. The molecule has 1 aliphatic heterocycles. The highest BCUT2D eigenvalue weighted by molar-refractivity contribution is 6.11. The minimum absolute atomic E-state index is 0.0735. The van der Waals surface area contributed by atoms with Crippen LogP contribution in [0.5, 0.6) is 0 Å². The molecule has 2 rings (SSSR count). The molecule has 0 saturated heterocycles. The summed E-state index contributed by atoms with van der Waals surface area (Å²) in [5.74, 6) is -2.81. The minimum Gasteiger partial charge on any atom is -0.465 e. The van der Waals surface area contributed by atoms with Crippen molar-refractivity contribution in [3.63, 3.8) is 0 Å². The first kappa shape index (κ1) is 16.0. The highest BCUT2D eigenvalue weighted by atomic mass is 19.4. The number of benzene rings is 1. The van der Waals surface area contributed by atoms with Crippen molar-refractivity contribution in [1.29, 1.82) is 0 Å². The molecule has 0 radical (unpaired) electrons. The number of carbonyl (C=O) groups excluding carboxylic acids is 2. The van der Waals surface area contributed by atoms with Crippen LogP contribution in [0.25, 0.3) is 0 Å². The van der Waals surface area contributed by atoms with Gasteiger partial charge in [0.2, 0.25) is 0 Å². The second-order valence-electron chi connectivity index (χ2n) is 4.56. The minimum atomic E-state index is -4.90. The molecule has 1 N–H and O–H groups in total. The molecule has 2 unspecified atom stereocenters. The molecule has 22 heavy (non-hydrogen) atoms. The first-order chi connectivity index (χ1) is 10.3. The van der Waals surface area contributed by atoms with E-state index in [4.69, 9.17) is 4.74 Å². The zero-order valence-corrected chi connectivity index (χ0v) is 11.6. The van der Waals surface area contributed by atoms with Crippen molar-refractivity contribution in [1.82, 2.24) is 5.32 Å². The zero-order chi connectivity index (χ0) is 16.3. The number of aliphatic imine (C=N–C) groups is 1. The molecule has 1 aromatic rings. The van der Waals surface area contributed by atoms with Crippen molar-refractivity contribution in [3.8, 4) is 0 Å². The summed E-state index contributed by atoms with van der Waals surface area (Å²) in [5.41, 5.74) is -1.07. The van der Waals surface area contributed by atoms with Gasteiger partial charge in [0.05, 0.1) is 12.6 Å². The van der Waals surface area contributed by atoms with Crippen molar-refractivity contribution >= 4 is 17.7 Å². The van der Waals surface area contributed by atoms with Gasteiger partial charge in [-0.25, -0.2) is 4.79 Å². The summed E-state index contributed by atoms with van der Waals surface area (Å²) >= 11 is 0. The molecule has 0 aromatic heterocycles. The topological polar surface area (TPSA) is 67.8 Å². The van der Waals surface area contributed by atoms with E-state index in [0.29, 0.717) is 5.56 Å². The van der Waals surface area contributed by atoms with Crippen LogP contribution in [-0.4, -0.2) is 30.5 Å². The monoisotopic (exact) mass is 314 g/mol. The largest absolute Gasteiger partial charge is 0.465 e. The van der Waals surface area contributed by atoms with Gasteiger partial charge in [-0.1, -0.05) is 30.3 Å². The number of hydrogen-bond acceptors (Lipinski definition) is 3. The smallest absolute Gasteiger partial charge is 0.430 e. The van der Waals surface area contributed by atoms with Crippen LogP contribution in [0.15, 0.2) is 35.3 Å². The van der Waals surface area contributed by atoms with Crippen LogP contribution in [0.3, 0.4) is 0 Å². The van der Waals surface area contributed by atoms with Crippen LogP contribution >= 0.6 is 0 Å². The molecule has 0 fully saturated rings. The highest BCUT2D eigenvalue weighted by Gasteiger charge is 2.51. The summed E-state index contributed by atoms with van der Waals surface area (Å²) in [7, 11) is 0. The number of ether oxygens (including phenoxy) is 1. The summed E-state index contributed by atoms with van der Waals surface area (Å²) in [5, 5.41) is 2.30. The van der Waals surface area contributed by atoms with E-state index in [1.165, 1.54) is 19.1 Å². The Morgan fingerprint density at radius 3 is 2.50 bits per heavy atom. The number of nitrogens with one attached hydrogen (secondary N) is 1. The fourth-order valence-corrected chi connectivity index (χ4v) is 2.24. The van der Waals surface area contributed by atoms with Crippen molar-refractivity contribution in [2.45, 2.75) is 19.1 Å². The van der Waals surface area contributed by atoms with Gasteiger partial charge in [-0.05, 0) is 12.5 Å². The normalized spacial score (nSPS) is 21.8. The lowest BCUT2D eigenvalue weighted by Crippen LogP contribution is -2.49. The van der Waals surface area contributed by atoms with Crippen molar-refractivity contribution in [3.05, 3.63) is 35.9 Å². The molecule has 0 aliphatic carbocycles. The van der Waals surface area contributed by atoms with Gasteiger partial charge in [-0.15, -0.1) is 0 Å². The summed E-state index contributed by atoms with van der Waals surface area (Å²) < 4.78 is 44.1. The lowest BCUT2D eigenvalue weighted by atomic mass is 9.87. The number of rotatable bonds is 3. The van der Waals surface area contributed by atoms with Crippen molar-refractivity contribution < 1.29 is 27.5 Å². The third-order valence-corrected chi connectivity index (χ3v) is 3.12. The molecule has 0 bridgehead atoms. The Morgan fingerprint density at radius 2 is 1.95 bits per heavy atom. The van der Waals surface area contributed by atoms with Crippen LogP contribution in [0.4, 0.5) is 18.0 Å². The Bertz CT molecular complexity index is 599. The molecule has 1 aliphatic rings. The lowest BCUT2D eigenvalue weighted by molar-refractivity contribution is -0.148. The molecule has 2 atom stereocenters. The average Bonchev–Trinajstić information content (AvgIpc) is 2.46. The van der Waals surface area contributed by atoms with Crippen molar-refractivity contribution in [2.75, 3.05) is 6.61 Å². The van der Waals surface area contributed by atoms with Crippen LogP contribution in [0, 0.1) is 5.92 Å². The molecule has 1 heterocycles. The third kappa shape index (κ3) is 3.26. The van der Waals surface area contributed by atoms with E-state index in [0.717, 1.165) is 0 Å². The first-order valence-electron chi connectivity index (χ1n) is 6.52. The SMILES string of the molecule is CCOC(=O)C1C(C(F)(F)F)=NC(=O)NC1c1ccccc1. The third-order valence-electron chi connectivity index (χ3n) is 3.12. The number of alkyl halides is 3. The Balaban J connectivity index is 2.50. The summed E-state index contributed by atoms with van der Waals surface area (Å²) in [4.78, 5) is 26.4. The van der Waals surface area contributed by atoms with Crippen molar-refractivity contribution in [2.24, 2.45) is 10.9 Å². The maximum Gasteiger partial charge on any atom is 0.430 e. The zero-order valence-electron chi connectivity index (χ0n) is 11.6. The molecule has 0 saturated carbocycles. The summed E-state index contributed by atoms with van der Waals surface area (Å²) in [6, 6.07) is 5.61. The summed E-state index contributed by atoms with van der Waals surface area (Å²) in [6.45, 7) is 1.41. The van der Waals surface area contributed by atoms with Gasteiger partial charge in [-0.3, -0.25) is 4.79 Å². The Hall–Kier alpha value is -2.38.